The lowest BCUT2D eigenvalue weighted by Crippen LogP contribution is -2.61. The molecule has 4 N–H and O–H groups in total. The quantitative estimate of drug-likeness (QED) is 0.594. The van der Waals surface area contributed by atoms with Gasteiger partial charge in [0, 0.05) is 13.1 Å². The molecule has 3 heteroatoms. The Bertz CT molecular complexity index is 110. The maximum atomic E-state index is 5.86. The van der Waals surface area contributed by atoms with Crippen molar-refractivity contribution in [1.29, 1.82) is 0 Å². The molecule has 0 radical (unpaired) electrons. The lowest BCUT2D eigenvalue weighted by molar-refractivity contribution is 0.110. The van der Waals surface area contributed by atoms with E-state index in [0.717, 1.165) is 13.1 Å². The molecule has 0 spiro atoms. The van der Waals surface area contributed by atoms with Crippen molar-refractivity contribution in [2.24, 2.45) is 11.5 Å². The van der Waals surface area contributed by atoms with E-state index < -0.39 is 5.79 Å². The summed E-state index contributed by atoms with van der Waals surface area (Å²) in [5.41, 5.74) is 11.7. The lowest BCUT2D eigenvalue weighted by atomic mass is 10.2. The SMILES string of the molecule is CCCCN(CCCC)C(C)(N)N. The van der Waals surface area contributed by atoms with Crippen molar-refractivity contribution >= 4 is 0 Å². The van der Waals surface area contributed by atoms with Gasteiger partial charge in [0.1, 0.15) is 5.79 Å². The van der Waals surface area contributed by atoms with Gasteiger partial charge in [-0.25, -0.2) is 0 Å². The molecule has 0 bridgehead atoms. The maximum absolute atomic E-state index is 5.86. The van der Waals surface area contributed by atoms with Gasteiger partial charge in [-0.1, -0.05) is 26.7 Å². The predicted octanol–water partition coefficient (Wildman–Crippen LogP) is 1.48. The first-order valence-corrected chi connectivity index (χ1v) is 5.35. The van der Waals surface area contributed by atoms with E-state index in [1.165, 1.54) is 25.7 Å². The molecule has 13 heavy (non-hydrogen) atoms. The molecule has 0 aliphatic carbocycles. The first-order valence-electron chi connectivity index (χ1n) is 5.35. The molecule has 0 aliphatic rings. The van der Waals surface area contributed by atoms with Gasteiger partial charge in [-0.3, -0.25) is 4.90 Å². The van der Waals surface area contributed by atoms with E-state index in [1.54, 1.807) is 0 Å². The molecule has 0 aromatic rings. The van der Waals surface area contributed by atoms with Crippen molar-refractivity contribution in [3.05, 3.63) is 0 Å². The number of hydrogen-bond acceptors (Lipinski definition) is 3. The summed E-state index contributed by atoms with van der Waals surface area (Å²) in [5, 5.41) is 0. The third-order valence-electron chi connectivity index (χ3n) is 2.24. The average Bonchev–Trinajstić information content (AvgIpc) is 2.02. The van der Waals surface area contributed by atoms with Crippen LogP contribution in [-0.4, -0.2) is 23.8 Å². The summed E-state index contributed by atoms with van der Waals surface area (Å²) >= 11 is 0. The molecule has 0 aromatic heterocycles. The van der Waals surface area contributed by atoms with E-state index in [4.69, 9.17) is 11.5 Å². The largest absolute Gasteiger partial charge is 0.301 e. The van der Waals surface area contributed by atoms with Gasteiger partial charge in [-0.15, -0.1) is 0 Å². The Labute approximate surface area is 82.5 Å². The highest BCUT2D eigenvalue weighted by molar-refractivity contribution is 4.72. The van der Waals surface area contributed by atoms with Gasteiger partial charge in [0.2, 0.25) is 0 Å². The second-order valence-corrected chi connectivity index (χ2v) is 3.92. The number of nitrogens with zero attached hydrogens (tertiary/aromatic N) is 1. The fourth-order valence-corrected chi connectivity index (χ4v) is 1.29. The van der Waals surface area contributed by atoms with Gasteiger partial charge in [0.25, 0.3) is 0 Å². The minimum atomic E-state index is -0.648. The summed E-state index contributed by atoms with van der Waals surface area (Å²) in [5.74, 6) is -0.648. The highest BCUT2D eigenvalue weighted by atomic mass is 15.3. The second kappa shape index (κ2) is 6.35. The first-order chi connectivity index (χ1) is 6.02. The predicted molar refractivity (Wildman–Crippen MR) is 58.2 cm³/mol. The molecule has 0 rings (SSSR count). The molecule has 0 saturated carbocycles. The minimum absolute atomic E-state index is 0.648. The molecule has 0 aromatic carbocycles. The third kappa shape index (κ3) is 6.02. The summed E-state index contributed by atoms with van der Waals surface area (Å²) in [7, 11) is 0. The molecular formula is C10H25N3. The van der Waals surface area contributed by atoms with Crippen LogP contribution in [0.25, 0.3) is 0 Å². The van der Waals surface area contributed by atoms with Gasteiger partial charge in [-0.05, 0) is 19.8 Å². The van der Waals surface area contributed by atoms with Crippen LogP contribution >= 0.6 is 0 Å². The fraction of sp³-hybridized carbons (Fsp3) is 1.00. The van der Waals surface area contributed by atoms with Crippen LogP contribution < -0.4 is 11.5 Å². The van der Waals surface area contributed by atoms with Crippen LogP contribution in [0.2, 0.25) is 0 Å². The van der Waals surface area contributed by atoms with Gasteiger partial charge in [0.05, 0.1) is 0 Å². The van der Waals surface area contributed by atoms with Crippen LogP contribution in [-0.2, 0) is 0 Å². The van der Waals surface area contributed by atoms with E-state index >= 15 is 0 Å². The number of rotatable bonds is 7. The van der Waals surface area contributed by atoms with Crippen LogP contribution in [0.5, 0.6) is 0 Å². The van der Waals surface area contributed by atoms with E-state index in [1.807, 2.05) is 6.92 Å². The molecule has 0 atom stereocenters. The highest BCUT2D eigenvalue weighted by Crippen LogP contribution is 2.05. The van der Waals surface area contributed by atoms with Gasteiger partial charge in [-0.2, -0.15) is 0 Å². The summed E-state index contributed by atoms with van der Waals surface area (Å²) in [6.45, 7) is 8.27. The highest BCUT2D eigenvalue weighted by Gasteiger charge is 2.20. The summed E-state index contributed by atoms with van der Waals surface area (Å²) in [6.07, 6.45) is 4.73. The van der Waals surface area contributed by atoms with Crippen molar-refractivity contribution in [2.45, 2.75) is 52.2 Å². The van der Waals surface area contributed by atoms with E-state index in [2.05, 4.69) is 18.7 Å². The van der Waals surface area contributed by atoms with Gasteiger partial charge in [0.15, 0.2) is 0 Å². The summed E-state index contributed by atoms with van der Waals surface area (Å²) in [6, 6.07) is 0. The molecule has 80 valence electrons. The molecular weight excluding hydrogens is 162 g/mol. The van der Waals surface area contributed by atoms with E-state index in [-0.39, 0.29) is 0 Å². The maximum Gasteiger partial charge on any atom is 0.117 e. The molecule has 0 saturated heterocycles. The van der Waals surface area contributed by atoms with E-state index in [9.17, 15) is 0 Å². The van der Waals surface area contributed by atoms with Crippen LogP contribution in [0.4, 0.5) is 0 Å². The van der Waals surface area contributed by atoms with Crippen molar-refractivity contribution in [1.82, 2.24) is 4.90 Å². The Morgan fingerprint density at radius 1 is 1.00 bits per heavy atom. The normalized spacial score (nSPS) is 12.5. The summed E-state index contributed by atoms with van der Waals surface area (Å²) in [4.78, 5) is 2.17. The summed E-state index contributed by atoms with van der Waals surface area (Å²) < 4.78 is 0. The zero-order valence-electron chi connectivity index (χ0n) is 9.34. The number of unbranched alkanes of at least 4 members (excludes halogenated alkanes) is 2. The monoisotopic (exact) mass is 187 g/mol. The van der Waals surface area contributed by atoms with Crippen LogP contribution in [0.3, 0.4) is 0 Å². The Morgan fingerprint density at radius 3 is 1.62 bits per heavy atom. The lowest BCUT2D eigenvalue weighted by Gasteiger charge is -2.34. The van der Waals surface area contributed by atoms with Crippen molar-refractivity contribution in [3.63, 3.8) is 0 Å². The zero-order chi connectivity index (χ0) is 10.3. The Kier molecular flexibility index (Phi) is 6.29. The van der Waals surface area contributed by atoms with Crippen LogP contribution in [0.1, 0.15) is 46.5 Å². The Morgan fingerprint density at radius 2 is 1.38 bits per heavy atom. The average molecular weight is 187 g/mol. The minimum Gasteiger partial charge on any atom is -0.301 e. The number of hydrogen-bond donors (Lipinski definition) is 2. The molecule has 0 aliphatic heterocycles. The molecule has 0 amide bonds. The van der Waals surface area contributed by atoms with Crippen molar-refractivity contribution in [3.8, 4) is 0 Å². The molecule has 0 fully saturated rings. The standard InChI is InChI=1S/C10H25N3/c1-4-6-8-13(9-7-5-2)10(3,11)12/h4-9,11-12H2,1-3H3. The molecule has 0 unspecified atom stereocenters. The van der Waals surface area contributed by atoms with Crippen LogP contribution in [0, 0.1) is 0 Å². The van der Waals surface area contributed by atoms with Gasteiger partial charge >= 0.3 is 0 Å². The Balaban J connectivity index is 3.88. The van der Waals surface area contributed by atoms with Crippen molar-refractivity contribution in [2.75, 3.05) is 13.1 Å². The fourth-order valence-electron chi connectivity index (χ4n) is 1.29. The van der Waals surface area contributed by atoms with Gasteiger partial charge < -0.3 is 11.5 Å². The van der Waals surface area contributed by atoms with Crippen LogP contribution in [0.15, 0.2) is 0 Å². The molecule has 3 nitrogen and oxygen atoms in total. The second-order valence-electron chi connectivity index (χ2n) is 3.92. The Hall–Kier alpha value is -0.120. The topological polar surface area (TPSA) is 55.3 Å². The van der Waals surface area contributed by atoms with E-state index in [0.29, 0.717) is 0 Å². The van der Waals surface area contributed by atoms with Crippen molar-refractivity contribution < 1.29 is 0 Å². The molecule has 0 heterocycles. The zero-order valence-corrected chi connectivity index (χ0v) is 9.34. The number of nitrogens with two attached hydrogens (primary N) is 2. The first kappa shape index (κ1) is 12.9. The smallest absolute Gasteiger partial charge is 0.117 e. The third-order valence-corrected chi connectivity index (χ3v) is 2.24.